The van der Waals surface area contributed by atoms with Crippen molar-refractivity contribution in [2.24, 2.45) is 5.92 Å². The molecule has 0 saturated heterocycles. The number of carbonyl (C=O) groups excluding carboxylic acids is 1. The van der Waals surface area contributed by atoms with Gasteiger partial charge < -0.3 is 4.74 Å². The summed E-state index contributed by atoms with van der Waals surface area (Å²) in [5.41, 5.74) is 1.18. The molecule has 1 fully saturated rings. The van der Waals surface area contributed by atoms with E-state index in [0.717, 1.165) is 6.42 Å². The quantitative estimate of drug-likeness (QED) is 0.716. The molecule has 0 spiro atoms. The maximum absolute atomic E-state index is 13.7. The smallest absolute Gasteiger partial charge is 0.166 e. The lowest BCUT2D eigenvalue weighted by atomic mass is 9.98. The number of hydrogen-bond donors (Lipinski definition) is 0. The zero-order valence-corrected chi connectivity index (χ0v) is 9.13. The van der Waals surface area contributed by atoms with Crippen LogP contribution in [0.1, 0.15) is 41.6 Å². The van der Waals surface area contributed by atoms with Gasteiger partial charge in [0.15, 0.2) is 5.78 Å². The molecular weight excluding hydrogens is 207 g/mol. The number of hydrogen-bond acceptors (Lipinski definition) is 2. The molecule has 3 rings (SSSR count). The van der Waals surface area contributed by atoms with Gasteiger partial charge in [0.05, 0.1) is 12.2 Å². The number of ketones is 1. The zero-order chi connectivity index (χ0) is 11.3. The van der Waals surface area contributed by atoms with Crippen LogP contribution in [0, 0.1) is 11.7 Å². The third-order valence-electron chi connectivity index (χ3n) is 3.50. The molecule has 2 nitrogen and oxygen atoms in total. The van der Waals surface area contributed by atoms with Gasteiger partial charge in [0.2, 0.25) is 0 Å². The predicted octanol–water partition coefficient (Wildman–Crippen LogP) is 2.91. The van der Waals surface area contributed by atoms with Gasteiger partial charge in [-0.25, -0.2) is 4.39 Å². The lowest BCUT2D eigenvalue weighted by Crippen LogP contribution is -2.14. The van der Waals surface area contributed by atoms with E-state index in [-0.39, 0.29) is 17.5 Å². The van der Waals surface area contributed by atoms with E-state index < -0.39 is 0 Å². The maximum Gasteiger partial charge on any atom is 0.166 e. The zero-order valence-electron chi connectivity index (χ0n) is 9.13. The molecule has 0 bridgehead atoms. The van der Waals surface area contributed by atoms with Crippen molar-refractivity contribution in [1.82, 2.24) is 0 Å². The molecule has 1 aliphatic heterocycles. The van der Waals surface area contributed by atoms with Crippen molar-refractivity contribution in [2.75, 3.05) is 6.61 Å². The second-order valence-corrected chi connectivity index (χ2v) is 4.53. The largest absolute Gasteiger partial charge is 0.492 e. The van der Waals surface area contributed by atoms with E-state index >= 15 is 0 Å². The fourth-order valence-corrected chi connectivity index (χ4v) is 2.46. The first-order chi connectivity index (χ1) is 7.72. The second-order valence-electron chi connectivity index (χ2n) is 4.53. The topological polar surface area (TPSA) is 26.3 Å². The molecule has 0 unspecified atom stereocenters. The fourth-order valence-electron chi connectivity index (χ4n) is 2.46. The molecule has 0 N–H and O–H groups in total. The van der Waals surface area contributed by atoms with Gasteiger partial charge in [-0.1, -0.05) is 6.92 Å². The van der Waals surface area contributed by atoms with Gasteiger partial charge >= 0.3 is 0 Å². The van der Waals surface area contributed by atoms with Crippen LogP contribution in [0.4, 0.5) is 4.39 Å². The Bertz CT molecular complexity index is 467. The first-order valence-electron chi connectivity index (χ1n) is 5.70. The Balaban J connectivity index is 2.15. The Morgan fingerprint density at radius 3 is 3.12 bits per heavy atom. The normalized spacial score (nSPS) is 25.4. The first-order valence-corrected chi connectivity index (χ1v) is 5.70. The summed E-state index contributed by atoms with van der Waals surface area (Å²) in [7, 11) is 0. The van der Waals surface area contributed by atoms with Crippen molar-refractivity contribution in [3.8, 4) is 5.75 Å². The summed E-state index contributed by atoms with van der Waals surface area (Å²) in [6.45, 7) is 2.44. The molecule has 84 valence electrons. The average Bonchev–Trinajstić information content (AvgIpc) is 3.07. The molecule has 0 amide bonds. The van der Waals surface area contributed by atoms with Crippen LogP contribution in [0.15, 0.2) is 12.1 Å². The summed E-state index contributed by atoms with van der Waals surface area (Å²) in [5, 5.41) is 0. The minimum Gasteiger partial charge on any atom is -0.492 e. The molecule has 1 saturated carbocycles. The third kappa shape index (κ3) is 1.27. The van der Waals surface area contributed by atoms with E-state index in [1.165, 1.54) is 6.07 Å². The van der Waals surface area contributed by atoms with Gasteiger partial charge in [0, 0.05) is 17.9 Å². The van der Waals surface area contributed by atoms with E-state index in [9.17, 15) is 9.18 Å². The lowest BCUT2D eigenvalue weighted by molar-refractivity contribution is 0.0983. The Morgan fingerprint density at radius 1 is 1.56 bits per heavy atom. The molecule has 3 heteroatoms. The molecule has 1 heterocycles. The summed E-state index contributed by atoms with van der Waals surface area (Å²) < 4.78 is 19.3. The van der Waals surface area contributed by atoms with E-state index in [1.54, 1.807) is 13.0 Å². The van der Waals surface area contributed by atoms with Crippen LogP contribution in [0.3, 0.4) is 0 Å². The summed E-state index contributed by atoms with van der Waals surface area (Å²) in [6, 6.07) is 2.94. The van der Waals surface area contributed by atoms with Gasteiger partial charge in [-0.3, -0.25) is 4.79 Å². The highest BCUT2D eigenvalue weighted by Crippen LogP contribution is 2.55. The number of halogens is 1. The molecular formula is C13H13FO2. The minimum atomic E-state index is -0.227. The van der Waals surface area contributed by atoms with Gasteiger partial charge in [-0.15, -0.1) is 0 Å². The predicted molar refractivity (Wildman–Crippen MR) is 57.4 cm³/mol. The monoisotopic (exact) mass is 220 g/mol. The SMILES string of the molecule is CCC(=O)c1ccc(F)c2c1OC[C@@H]1C[C@H]21. The Kier molecular flexibility index (Phi) is 2.03. The van der Waals surface area contributed by atoms with Gasteiger partial charge in [0.1, 0.15) is 11.6 Å². The standard InChI is InChI=1S/C13H13FO2/c1-2-11(15)8-3-4-10(14)12-9-5-7(9)6-16-13(8)12/h3-4,7,9H,2,5-6H2,1H3/t7-,9-/m0/s1. The highest BCUT2D eigenvalue weighted by Gasteiger charge is 2.46. The van der Waals surface area contributed by atoms with Crippen molar-refractivity contribution >= 4 is 5.78 Å². The molecule has 1 aliphatic carbocycles. The molecule has 0 aromatic heterocycles. The Hall–Kier alpha value is -1.38. The average molecular weight is 220 g/mol. The number of fused-ring (bicyclic) bond motifs is 3. The van der Waals surface area contributed by atoms with E-state index in [1.807, 2.05) is 0 Å². The number of carbonyl (C=O) groups is 1. The second kappa shape index (κ2) is 3.30. The van der Waals surface area contributed by atoms with Crippen LogP contribution in [0.5, 0.6) is 5.75 Å². The molecule has 1 aromatic rings. The number of benzene rings is 1. The minimum absolute atomic E-state index is 0.0235. The first kappa shape index (κ1) is 9.82. The number of Topliss-reactive ketones (excluding diaryl/α,β-unsaturated/α-hetero) is 1. The lowest BCUT2D eigenvalue weighted by Gasteiger charge is -2.19. The van der Waals surface area contributed by atoms with Crippen LogP contribution in [0.2, 0.25) is 0 Å². The van der Waals surface area contributed by atoms with E-state index in [4.69, 9.17) is 4.74 Å². The van der Waals surface area contributed by atoms with Crippen molar-refractivity contribution in [3.05, 3.63) is 29.1 Å². The number of ether oxygens (including phenoxy) is 1. The number of rotatable bonds is 2. The van der Waals surface area contributed by atoms with Crippen LogP contribution < -0.4 is 4.74 Å². The van der Waals surface area contributed by atoms with E-state index in [2.05, 4.69) is 0 Å². The third-order valence-corrected chi connectivity index (χ3v) is 3.50. The molecule has 2 atom stereocenters. The van der Waals surface area contributed by atoms with Crippen LogP contribution in [-0.4, -0.2) is 12.4 Å². The molecule has 2 aliphatic rings. The summed E-state index contributed by atoms with van der Waals surface area (Å²) in [5.74, 6) is 1.05. The van der Waals surface area contributed by atoms with Crippen molar-refractivity contribution in [3.63, 3.8) is 0 Å². The van der Waals surface area contributed by atoms with E-state index in [0.29, 0.717) is 35.8 Å². The fraction of sp³-hybridized carbons (Fsp3) is 0.462. The molecule has 16 heavy (non-hydrogen) atoms. The van der Waals surface area contributed by atoms with Crippen molar-refractivity contribution in [1.29, 1.82) is 0 Å². The van der Waals surface area contributed by atoms with Crippen LogP contribution >= 0.6 is 0 Å². The van der Waals surface area contributed by atoms with Gasteiger partial charge in [-0.05, 0) is 24.5 Å². The maximum atomic E-state index is 13.7. The summed E-state index contributed by atoms with van der Waals surface area (Å²) in [6.07, 6.45) is 1.42. The van der Waals surface area contributed by atoms with Crippen molar-refractivity contribution < 1.29 is 13.9 Å². The highest BCUT2D eigenvalue weighted by molar-refractivity contribution is 5.99. The molecule has 1 aromatic carbocycles. The van der Waals surface area contributed by atoms with Gasteiger partial charge in [0.25, 0.3) is 0 Å². The van der Waals surface area contributed by atoms with Gasteiger partial charge in [-0.2, -0.15) is 0 Å². The Labute approximate surface area is 93.4 Å². The van der Waals surface area contributed by atoms with Crippen LogP contribution in [0.25, 0.3) is 0 Å². The van der Waals surface area contributed by atoms with Crippen LogP contribution in [-0.2, 0) is 0 Å². The summed E-state index contributed by atoms with van der Waals surface area (Å²) >= 11 is 0. The summed E-state index contributed by atoms with van der Waals surface area (Å²) in [4.78, 5) is 11.7. The van der Waals surface area contributed by atoms with Crippen molar-refractivity contribution in [2.45, 2.75) is 25.7 Å². The molecule has 0 radical (unpaired) electrons. The highest BCUT2D eigenvalue weighted by atomic mass is 19.1. The Morgan fingerprint density at radius 2 is 2.38 bits per heavy atom.